The van der Waals surface area contributed by atoms with Gasteiger partial charge >= 0.3 is 0 Å². The number of carbonyl (C=O) groups excluding carboxylic acids is 1. The van der Waals surface area contributed by atoms with Crippen molar-refractivity contribution in [2.75, 3.05) is 0 Å². The molecule has 0 spiro atoms. The lowest BCUT2D eigenvalue weighted by Crippen LogP contribution is -2.14. The van der Waals surface area contributed by atoms with Gasteiger partial charge in [0.05, 0.1) is 10.1 Å². The molecule has 3 atom stereocenters. The van der Waals surface area contributed by atoms with Gasteiger partial charge in [-0.05, 0) is 17.7 Å². The Kier molecular flexibility index (Phi) is 4.21. The van der Waals surface area contributed by atoms with Crippen molar-refractivity contribution in [2.45, 2.75) is 16.1 Å². The fourth-order valence-electron chi connectivity index (χ4n) is 3.62. The molecule has 26 heavy (non-hydrogen) atoms. The SMILES string of the molecule is O=C(c1ccccc1)C1C(c2ccccc2)C1S(=O)(=O)c1ccccc1. The van der Waals surface area contributed by atoms with Crippen molar-refractivity contribution >= 4 is 15.6 Å². The highest BCUT2D eigenvalue weighted by Crippen LogP contribution is 2.55. The summed E-state index contributed by atoms with van der Waals surface area (Å²) in [5.74, 6) is -0.969. The smallest absolute Gasteiger partial charge is 0.182 e. The third-order valence-corrected chi connectivity index (χ3v) is 7.16. The number of carbonyl (C=O) groups is 1. The summed E-state index contributed by atoms with van der Waals surface area (Å²) in [4.78, 5) is 13.3. The van der Waals surface area contributed by atoms with Gasteiger partial charge in [-0.25, -0.2) is 8.42 Å². The average molecular weight is 362 g/mol. The largest absolute Gasteiger partial charge is 0.294 e. The van der Waals surface area contributed by atoms with Crippen LogP contribution in [0.5, 0.6) is 0 Å². The third-order valence-electron chi connectivity index (χ3n) is 4.93. The molecule has 0 radical (unpaired) electrons. The minimum atomic E-state index is -3.59. The van der Waals surface area contributed by atoms with E-state index < -0.39 is 21.0 Å². The van der Waals surface area contributed by atoms with E-state index in [1.54, 1.807) is 54.6 Å². The summed E-state index contributed by atoms with van der Waals surface area (Å²) in [5, 5.41) is -0.722. The van der Waals surface area contributed by atoms with Crippen LogP contribution >= 0.6 is 0 Å². The van der Waals surface area contributed by atoms with Crippen LogP contribution < -0.4 is 0 Å². The number of rotatable bonds is 5. The Labute approximate surface area is 153 Å². The van der Waals surface area contributed by atoms with E-state index in [0.717, 1.165) is 5.56 Å². The second-order valence-electron chi connectivity index (χ2n) is 6.52. The number of benzene rings is 3. The molecule has 3 unspecified atom stereocenters. The lowest BCUT2D eigenvalue weighted by molar-refractivity contribution is 0.0965. The zero-order chi connectivity index (χ0) is 18.1. The third kappa shape index (κ3) is 2.86. The quantitative estimate of drug-likeness (QED) is 0.642. The summed E-state index contributed by atoms with van der Waals surface area (Å²) < 4.78 is 26.3. The summed E-state index contributed by atoms with van der Waals surface area (Å²) in [6.07, 6.45) is 0. The van der Waals surface area contributed by atoms with Crippen molar-refractivity contribution < 1.29 is 13.2 Å². The maximum atomic E-state index is 13.2. The summed E-state index contributed by atoms with van der Waals surface area (Å²) >= 11 is 0. The monoisotopic (exact) mass is 362 g/mol. The van der Waals surface area contributed by atoms with Crippen LogP contribution in [0.4, 0.5) is 0 Å². The van der Waals surface area contributed by atoms with E-state index in [1.807, 2.05) is 36.4 Å². The molecule has 0 saturated heterocycles. The molecule has 0 amide bonds. The number of hydrogen-bond acceptors (Lipinski definition) is 3. The van der Waals surface area contributed by atoms with Crippen LogP contribution in [-0.4, -0.2) is 19.5 Å². The standard InChI is InChI=1S/C22H18O3S/c23-21(17-12-6-2-7-13-17)20-19(16-10-4-1-5-11-16)22(20)26(24,25)18-14-8-3-9-15-18/h1-15,19-20,22H. The van der Waals surface area contributed by atoms with Gasteiger partial charge in [-0.3, -0.25) is 4.79 Å². The zero-order valence-electron chi connectivity index (χ0n) is 14.0. The number of sulfone groups is 1. The van der Waals surface area contributed by atoms with Crippen molar-refractivity contribution in [2.24, 2.45) is 5.92 Å². The van der Waals surface area contributed by atoms with Crippen molar-refractivity contribution in [3.8, 4) is 0 Å². The highest BCUT2D eigenvalue weighted by Gasteiger charge is 2.62. The first-order valence-corrected chi connectivity index (χ1v) is 10.1. The van der Waals surface area contributed by atoms with Gasteiger partial charge in [-0.2, -0.15) is 0 Å². The number of hydrogen-bond donors (Lipinski definition) is 0. The Bertz CT molecular complexity index is 1010. The topological polar surface area (TPSA) is 51.2 Å². The predicted octanol–water partition coefficient (Wildman–Crippen LogP) is 4.13. The fraction of sp³-hybridized carbons (Fsp3) is 0.136. The predicted molar refractivity (Wildman–Crippen MR) is 101 cm³/mol. The van der Waals surface area contributed by atoms with E-state index in [1.165, 1.54) is 0 Å². The zero-order valence-corrected chi connectivity index (χ0v) is 14.8. The Hall–Kier alpha value is -2.72. The molecular formula is C22H18O3S. The maximum absolute atomic E-state index is 13.2. The second-order valence-corrected chi connectivity index (χ2v) is 8.62. The molecule has 3 aromatic rings. The molecule has 4 heteroatoms. The van der Waals surface area contributed by atoms with Crippen molar-refractivity contribution in [3.63, 3.8) is 0 Å². The number of ketones is 1. The maximum Gasteiger partial charge on any atom is 0.182 e. The van der Waals surface area contributed by atoms with Crippen molar-refractivity contribution in [3.05, 3.63) is 102 Å². The van der Waals surface area contributed by atoms with Gasteiger partial charge in [-0.15, -0.1) is 0 Å². The van der Waals surface area contributed by atoms with Crippen molar-refractivity contribution in [1.29, 1.82) is 0 Å². The van der Waals surface area contributed by atoms with Crippen LogP contribution in [-0.2, 0) is 9.84 Å². The normalized spacial score (nSPS) is 21.9. The molecule has 3 nitrogen and oxygen atoms in total. The van der Waals surface area contributed by atoms with Crippen LogP contribution in [0.2, 0.25) is 0 Å². The van der Waals surface area contributed by atoms with Gasteiger partial charge in [0.25, 0.3) is 0 Å². The lowest BCUT2D eigenvalue weighted by atomic mass is 10.0. The number of Topliss-reactive ketones (excluding diaryl/α,β-unsaturated/α-hetero) is 1. The minimum absolute atomic E-state index is 0.107. The Morgan fingerprint density at radius 1 is 0.692 bits per heavy atom. The summed E-state index contributed by atoms with van der Waals surface area (Å²) in [6, 6.07) is 26.8. The summed E-state index contributed by atoms with van der Waals surface area (Å²) in [5.41, 5.74) is 1.45. The van der Waals surface area contributed by atoms with Gasteiger partial charge in [0, 0.05) is 17.4 Å². The van der Waals surface area contributed by atoms with Crippen molar-refractivity contribution in [1.82, 2.24) is 0 Å². The van der Waals surface area contributed by atoms with E-state index in [0.29, 0.717) is 5.56 Å². The molecule has 1 saturated carbocycles. The van der Waals surface area contributed by atoms with Gasteiger partial charge in [0.15, 0.2) is 15.6 Å². The first kappa shape index (κ1) is 16.7. The molecule has 4 rings (SSSR count). The first-order valence-electron chi connectivity index (χ1n) is 8.54. The highest BCUT2D eigenvalue weighted by molar-refractivity contribution is 7.92. The van der Waals surface area contributed by atoms with Gasteiger partial charge in [-0.1, -0.05) is 78.9 Å². The van der Waals surface area contributed by atoms with E-state index in [-0.39, 0.29) is 16.6 Å². The highest BCUT2D eigenvalue weighted by atomic mass is 32.2. The summed E-state index contributed by atoms with van der Waals surface area (Å²) in [6.45, 7) is 0. The molecule has 0 N–H and O–H groups in total. The molecule has 0 bridgehead atoms. The molecule has 1 aliphatic rings. The fourth-order valence-corrected chi connectivity index (χ4v) is 5.77. The van der Waals surface area contributed by atoms with Crippen LogP contribution in [0.15, 0.2) is 95.9 Å². The Morgan fingerprint density at radius 2 is 1.19 bits per heavy atom. The second kappa shape index (κ2) is 6.54. The van der Waals surface area contributed by atoms with Crippen LogP contribution in [0.1, 0.15) is 21.8 Å². The average Bonchev–Trinajstić information content (AvgIpc) is 3.46. The summed E-state index contributed by atoms with van der Waals surface area (Å²) in [7, 11) is -3.59. The van der Waals surface area contributed by atoms with E-state index in [9.17, 15) is 13.2 Å². The van der Waals surface area contributed by atoms with Gasteiger partial charge in [0.2, 0.25) is 0 Å². The molecule has 0 heterocycles. The van der Waals surface area contributed by atoms with Gasteiger partial charge in [0.1, 0.15) is 0 Å². The van der Waals surface area contributed by atoms with E-state index >= 15 is 0 Å². The molecule has 0 aliphatic heterocycles. The Morgan fingerprint density at radius 3 is 1.77 bits per heavy atom. The molecule has 1 fully saturated rings. The molecule has 1 aliphatic carbocycles. The Balaban J connectivity index is 1.75. The van der Waals surface area contributed by atoms with Crippen LogP contribution in [0, 0.1) is 5.92 Å². The lowest BCUT2D eigenvalue weighted by Gasteiger charge is -2.04. The molecular weight excluding hydrogens is 344 g/mol. The van der Waals surface area contributed by atoms with Gasteiger partial charge < -0.3 is 0 Å². The minimum Gasteiger partial charge on any atom is -0.294 e. The molecule has 0 aromatic heterocycles. The molecule has 3 aromatic carbocycles. The molecule has 130 valence electrons. The first-order chi connectivity index (χ1) is 12.6. The van der Waals surface area contributed by atoms with E-state index in [2.05, 4.69) is 0 Å². The van der Waals surface area contributed by atoms with E-state index in [4.69, 9.17) is 0 Å². The van der Waals surface area contributed by atoms with Crippen LogP contribution in [0.3, 0.4) is 0 Å². The van der Waals surface area contributed by atoms with Crippen LogP contribution in [0.25, 0.3) is 0 Å².